The van der Waals surface area contributed by atoms with Crippen LogP contribution in [-0.2, 0) is 15.0 Å². The molecular formula is C20H30O5Si. The van der Waals surface area contributed by atoms with Gasteiger partial charge in [0.05, 0.1) is 7.11 Å². The summed E-state index contributed by atoms with van der Waals surface area (Å²) >= 11 is 0. The number of carbonyl (C=O) groups excluding carboxylic acids is 1. The smallest absolute Gasteiger partial charge is 0.314 e. The van der Waals surface area contributed by atoms with Crippen molar-refractivity contribution in [3.8, 4) is 11.5 Å². The Bertz CT molecular complexity index is 686. The maximum Gasteiger partial charge on any atom is 0.314 e. The lowest BCUT2D eigenvalue weighted by atomic mass is 9.85. The number of ether oxygens (including phenoxy) is 1. The summed E-state index contributed by atoms with van der Waals surface area (Å²) in [5, 5.41) is 9.13. The van der Waals surface area contributed by atoms with Gasteiger partial charge >= 0.3 is 5.97 Å². The summed E-state index contributed by atoms with van der Waals surface area (Å²) in [6, 6.07) is 3.85. The van der Waals surface area contributed by atoms with Gasteiger partial charge < -0.3 is 14.3 Å². The highest BCUT2D eigenvalue weighted by molar-refractivity contribution is 6.49. The zero-order chi connectivity index (χ0) is 20.1. The summed E-state index contributed by atoms with van der Waals surface area (Å²) in [4.78, 5) is 23.3. The number of carboxylic acids is 1. The molecule has 26 heavy (non-hydrogen) atoms. The average Bonchev–Trinajstić information content (AvgIpc) is 2.51. The lowest BCUT2D eigenvalue weighted by molar-refractivity contribution is -0.145. The number of methoxy groups -OCH3 is 1. The molecule has 1 rings (SSSR count). The molecule has 0 radical (unpaired) electrons. The zero-order valence-corrected chi connectivity index (χ0v) is 17.9. The SMILES string of the molecule is CCC(C(=O)O)C(=O)C=Cc1ccc(C(C)(C)C)c(OC)c1O[SiH](C)C. The zero-order valence-electron chi connectivity index (χ0n) is 16.8. The van der Waals surface area contributed by atoms with Crippen molar-refractivity contribution in [2.75, 3.05) is 7.11 Å². The monoisotopic (exact) mass is 378 g/mol. The molecular weight excluding hydrogens is 348 g/mol. The van der Waals surface area contributed by atoms with Crippen LogP contribution in [0.15, 0.2) is 18.2 Å². The van der Waals surface area contributed by atoms with Crippen LogP contribution in [0.4, 0.5) is 0 Å². The molecule has 1 aromatic carbocycles. The summed E-state index contributed by atoms with van der Waals surface area (Å²) in [5.74, 6) is -1.26. The predicted molar refractivity (Wildman–Crippen MR) is 107 cm³/mol. The first kappa shape index (κ1) is 22.0. The van der Waals surface area contributed by atoms with E-state index in [4.69, 9.17) is 14.3 Å². The molecule has 0 saturated carbocycles. The minimum Gasteiger partial charge on any atom is -0.544 e. The third-order valence-electron chi connectivity index (χ3n) is 3.99. The number of ketones is 1. The number of allylic oxidation sites excluding steroid dienone is 1. The normalized spacial score (nSPS) is 13.1. The molecule has 5 nitrogen and oxygen atoms in total. The molecule has 0 aliphatic rings. The molecule has 1 N–H and O–H groups in total. The van der Waals surface area contributed by atoms with E-state index in [9.17, 15) is 9.59 Å². The molecule has 0 bridgehead atoms. The lowest BCUT2D eigenvalue weighted by Crippen LogP contribution is -2.21. The maximum atomic E-state index is 12.2. The van der Waals surface area contributed by atoms with Crippen LogP contribution in [0, 0.1) is 5.92 Å². The molecule has 0 aromatic heterocycles. The summed E-state index contributed by atoms with van der Waals surface area (Å²) in [7, 11) is 0.180. The standard InChI is InChI=1S/C20H30O5Si/c1-8-14(19(22)23)16(21)12-10-13-9-11-15(20(2,3)4)18(24-5)17(13)25-26(6)7/h9-12,14,26H,8H2,1-7H3,(H,22,23). The molecule has 0 aliphatic heterocycles. The van der Waals surface area contributed by atoms with E-state index in [-0.39, 0.29) is 11.8 Å². The van der Waals surface area contributed by atoms with Crippen molar-refractivity contribution in [3.05, 3.63) is 29.3 Å². The molecule has 0 fully saturated rings. The molecule has 1 unspecified atom stereocenters. The minimum atomic E-state index is -1.43. The van der Waals surface area contributed by atoms with Crippen LogP contribution in [0.2, 0.25) is 13.1 Å². The van der Waals surface area contributed by atoms with E-state index in [1.54, 1.807) is 20.1 Å². The Hall–Kier alpha value is -2.08. The van der Waals surface area contributed by atoms with Gasteiger partial charge in [-0.2, -0.15) is 0 Å². The highest BCUT2D eigenvalue weighted by Crippen LogP contribution is 2.41. The van der Waals surface area contributed by atoms with Crippen LogP contribution in [-0.4, -0.2) is 33.0 Å². The molecule has 0 spiro atoms. The van der Waals surface area contributed by atoms with Gasteiger partial charge in [-0.05, 0) is 37.1 Å². The van der Waals surface area contributed by atoms with Gasteiger partial charge in [0.15, 0.2) is 17.3 Å². The van der Waals surface area contributed by atoms with E-state index in [1.165, 1.54) is 6.08 Å². The van der Waals surface area contributed by atoms with Crippen molar-refractivity contribution in [3.63, 3.8) is 0 Å². The summed E-state index contributed by atoms with van der Waals surface area (Å²) in [6.07, 6.45) is 3.20. The third kappa shape index (κ3) is 5.46. The summed E-state index contributed by atoms with van der Waals surface area (Å²) < 4.78 is 11.7. The van der Waals surface area contributed by atoms with Gasteiger partial charge in [-0.15, -0.1) is 0 Å². The molecule has 0 heterocycles. The first-order chi connectivity index (χ1) is 12.0. The quantitative estimate of drug-likeness (QED) is 0.420. The van der Waals surface area contributed by atoms with Gasteiger partial charge in [0.25, 0.3) is 0 Å². The van der Waals surface area contributed by atoms with E-state index in [2.05, 4.69) is 33.9 Å². The number of carbonyl (C=O) groups is 2. The Morgan fingerprint density at radius 2 is 1.85 bits per heavy atom. The number of benzene rings is 1. The molecule has 6 heteroatoms. The Morgan fingerprint density at radius 1 is 1.23 bits per heavy atom. The van der Waals surface area contributed by atoms with Crippen molar-refractivity contribution in [2.24, 2.45) is 5.92 Å². The largest absolute Gasteiger partial charge is 0.544 e. The number of hydrogen-bond acceptors (Lipinski definition) is 4. The second-order valence-electron chi connectivity index (χ2n) is 7.52. The van der Waals surface area contributed by atoms with Gasteiger partial charge in [-0.1, -0.05) is 39.8 Å². The van der Waals surface area contributed by atoms with E-state index in [0.717, 1.165) is 5.56 Å². The van der Waals surface area contributed by atoms with Crippen LogP contribution in [0.25, 0.3) is 6.08 Å². The fraction of sp³-hybridized carbons (Fsp3) is 0.500. The number of aliphatic carboxylic acids is 1. The number of rotatable bonds is 8. The van der Waals surface area contributed by atoms with Gasteiger partial charge in [-0.3, -0.25) is 9.59 Å². The van der Waals surface area contributed by atoms with E-state index >= 15 is 0 Å². The Labute approximate surface area is 157 Å². The van der Waals surface area contributed by atoms with Crippen LogP contribution in [0.3, 0.4) is 0 Å². The van der Waals surface area contributed by atoms with Gasteiger partial charge in [0.1, 0.15) is 5.92 Å². The highest BCUT2D eigenvalue weighted by Gasteiger charge is 2.25. The summed E-state index contributed by atoms with van der Waals surface area (Å²) in [5.41, 5.74) is 1.60. The first-order valence-electron chi connectivity index (χ1n) is 8.85. The fourth-order valence-corrected chi connectivity index (χ4v) is 3.36. The van der Waals surface area contributed by atoms with Crippen molar-refractivity contribution < 1.29 is 23.9 Å². The maximum absolute atomic E-state index is 12.2. The van der Waals surface area contributed by atoms with Crippen molar-refractivity contribution in [1.29, 1.82) is 0 Å². The number of hydrogen-bond donors (Lipinski definition) is 1. The van der Waals surface area contributed by atoms with E-state index in [1.807, 2.05) is 12.1 Å². The van der Waals surface area contributed by atoms with Gasteiger partial charge in [-0.25, -0.2) is 0 Å². The van der Waals surface area contributed by atoms with Gasteiger partial charge in [0.2, 0.25) is 9.04 Å². The first-order valence-corrected chi connectivity index (χ1v) is 11.6. The Kier molecular flexibility index (Phi) is 7.63. The lowest BCUT2D eigenvalue weighted by Gasteiger charge is -2.26. The average molecular weight is 379 g/mol. The minimum absolute atomic E-state index is 0.128. The Balaban J connectivity index is 3.40. The summed E-state index contributed by atoms with van der Waals surface area (Å²) in [6.45, 7) is 12.1. The molecule has 144 valence electrons. The highest BCUT2D eigenvalue weighted by atomic mass is 28.3. The van der Waals surface area contributed by atoms with Crippen LogP contribution in [0.5, 0.6) is 11.5 Å². The fourth-order valence-electron chi connectivity index (χ4n) is 2.65. The second kappa shape index (κ2) is 9.03. The van der Waals surface area contributed by atoms with E-state index in [0.29, 0.717) is 17.1 Å². The molecule has 0 saturated heterocycles. The van der Waals surface area contributed by atoms with Crippen molar-refractivity contribution in [2.45, 2.75) is 52.6 Å². The third-order valence-corrected chi connectivity index (χ3v) is 4.69. The topological polar surface area (TPSA) is 72.8 Å². The van der Waals surface area contributed by atoms with Crippen LogP contribution < -0.4 is 9.16 Å². The van der Waals surface area contributed by atoms with Gasteiger partial charge in [0, 0.05) is 11.1 Å². The van der Waals surface area contributed by atoms with Crippen LogP contribution >= 0.6 is 0 Å². The van der Waals surface area contributed by atoms with Crippen molar-refractivity contribution in [1.82, 2.24) is 0 Å². The number of carboxylic acid groups (broad SMARTS) is 1. The van der Waals surface area contributed by atoms with E-state index < -0.39 is 26.7 Å². The predicted octanol–water partition coefficient (Wildman–Crippen LogP) is 4.05. The van der Waals surface area contributed by atoms with Crippen LogP contribution in [0.1, 0.15) is 45.2 Å². The molecule has 1 aromatic rings. The Morgan fingerprint density at radius 3 is 2.27 bits per heavy atom. The molecule has 0 amide bonds. The molecule has 0 aliphatic carbocycles. The van der Waals surface area contributed by atoms with Crippen molar-refractivity contribution >= 4 is 26.9 Å². The second-order valence-corrected chi connectivity index (χ2v) is 9.85. The molecule has 1 atom stereocenters.